The highest BCUT2D eigenvalue weighted by Crippen LogP contribution is 1.82. The van der Waals surface area contributed by atoms with Crippen LogP contribution in [0, 0.1) is 0 Å². The molecule has 0 aliphatic heterocycles. The molecule has 0 rings (SSSR count). The fraction of sp³-hybridized carbons (Fsp3) is 0.800. The van der Waals surface area contributed by atoms with E-state index in [1.165, 1.54) is 0 Å². The van der Waals surface area contributed by atoms with Crippen LogP contribution in [0.5, 0.6) is 0 Å². The van der Waals surface area contributed by atoms with Crippen molar-refractivity contribution < 1.29 is 4.74 Å². The highest BCUT2D eigenvalue weighted by atomic mass is 16.5. The number of hydrogen-bond donors (Lipinski definition) is 0. The van der Waals surface area contributed by atoms with Gasteiger partial charge in [-0.1, -0.05) is 6.92 Å². The van der Waals surface area contributed by atoms with Crippen molar-refractivity contribution in [3.05, 3.63) is 0 Å². The summed E-state index contributed by atoms with van der Waals surface area (Å²) in [4.78, 5) is 3.82. The average molecular weight is 101 g/mol. The van der Waals surface area contributed by atoms with Crippen molar-refractivity contribution in [3.8, 4) is 0 Å². The van der Waals surface area contributed by atoms with Gasteiger partial charge in [0.25, 0.3) is 0 Å². The van der Waals surface area contributed by atoms with Gasteiger partial charge in [0.05, 0.1) is 7.11 Å². The van der Waals surface area contributed by atoms with E-state index in [4.69, 9.17) is 4.74 Å². The molecule has 0 N–H and O–H groups in total. The summed E-state index contributed by atoms with van der Waals surface area (Å²) in [7, 11) is 3.36. The zero-order valence-electron chi connectivity index (χ0n) is 5.06. The monoisotopic (exact) mass is 101 g/mol. The number of rotatable bonds is 1. The predicted molar refractivity (Wildman–Crippen MR) is 30.7 cm³/mol. The molecule has 0 radical (unpaired) electrons. The van der Waals surface area contributed by atoms with Gasteiger partial charge in [0.15, 0.2) is 5.90 Å². The second kappa shape index (κ2) is 3.65. The van der Waals surface area contributed by atoms with Crippen LogP contribution in [0.15, 0.2) is 4.99 Å². The van der Waals surface area contributed by atoms with Crippen LogP contribution in [-0.4, -0.2) is 20.1 Å². The molecule has 0 atom stereocenters. The first-order valence-electron chi connectivity index (χ1n) is 2.34. The predicted octanol–water partition coefficient (Wildman–Crippen LogP) is 1.07. The number of methoxy groups -OCH3 is 1. The van der Waals surface area contributed by atoms with Crippen molar-refractivity contribution in [1.29, 1.82) is 0 Å². The van der Waals surface area contributed by atoms with E-state index in [0.717, 1.165) is 12.3 Å². The first kappa shape index (κ1) is 6.47. The Kier molecular flexibility index (Phi) is 3.38. The van der Waals surface area contributed by atoms with Gasteiger partial charge < -0.3 is 4.74 Å². The lowest BCUT2D eigenvalue weighted by molar-refractivity contribution is 0.391. The van der Waals surface area contributed by atoms with Crippen LogP contribution in [0.25, 0.3) is 0 Å². The molecule has 0 aliphatic rings. The van der Waals surface area contributed by atoms with Crippen molar-refractivity contribution in [1.82, 2.24) is 0 Å². The van der Waals surface area contributed by atoms with Crippen LogP contribution in [0.3, 0.4) is 0 Å². The topological polar surface area (TPSA) is 21.6 Å². The van der Waals surface area contributed by atoms with Gasteiger partial charge in [0.2, 0.25) is 0 Å². The second-order valence-corrected chi connectivity index (χ2v) is 1.18. The first-order chi connectivity index (χ1) is 3.35. The number of nitrogens with zero attached hydrogens (tertiary/aromatic N) is 1. The van der Waals surface area contributed by atoms with Crippen molar-refractivity contribution in [2.24, 2.45) is 4.99 Å². The van der Waals surface area contributed by atoms with E-state index in [9.17, 15) is 0 Å². The lowest BCUT2D eigenvalue weighted by atomic mass is 10.5. The van der Waals surface area contributed by atoms with E-state index < -0.39 is 0 Å². The van der Waals surface area contributed by atoms with Crippen molar-refractivity contribution in [2.45, 2.75) is 13.3 Å². The fourth-order valence-corrected chi connectivity index (χ4v) is 0.394. The second-order valence-electron chi connectivity index (χ2n) is 1.18. The van der Waals surface area contributed by atoms with Gasteiger partial charge in [-0.3, -0.25) is 4.99 Å². The number of ether oxygens (including phenoxy) is 1. The summed E-state index contributed by atoms with van der Waals surface area (Å²) in [5.41, 5.74) is 0. The van der Waals surface area contributed by atoms with Gasteiger partial charge in [-0.25, -0.2) is 0 Å². The zero-order chi connectivity index (χ0) is 5.70. The van der Waals surface area contributed by atoms with Gasteiger partial charge in [-0.2, -0.15) is 0 Å². The molecular weight excluding hydrogens is 90.1 g/mol. The average Bonchev–Trinajstić information content (AvgIpc) is 1.72. The molecule has 7 heavy (non-hydrogen) atoms. The third-order valence-corrected chi connectivity index (χ3v) is 0.787. The highest BCUT2D eigenvalue weighted by molar-refractivity contribution is 5.75. The Morgan fingerprint density at radius 2 is 2.29 bits per heavy atom. The van der Waals surface area contributed by atoms with Gasteiger partial charge >= 0.3 is 0 Å². The minimum atomic E-state index is 0.806. The SMILES string of the molecule is CC/C(=N/C)OC. The molecule has 0 saturated heterocycles. The minimum Gasteiger partial charge on any atom is -0.484 e. The molecular formula is C5H11NO. The van der Waals surface area contributed by atoms with E-state index in [0.29, 0.717) is 0 Å². The van der Waals surface area contributed by atoms with E-state index >= 15 is 0 Å². The van der Waals surface area contributed by atoms with E-state index in [-0.39, 0.29) is 0 Å². The lowest BCUT2D eigenvalue weighted by Crippen LogP contribution is -1.96. The lowest BCUT2D eigenvalue weighted by Gasteiger charge is -1.95. The van der Waals surface area contributed by atoms with Gasteiger partial charge in [-0.05, 0) is 0 Å². The van der Waals surface area contributed by atoms with Gasteiger partial charge in [0.1, 0.15) is 0 Å². The molecule has 0 aromatic heterocycles. The third kappa shape index (κ3) is 2.20. The Hall–Kier alpha value is -0.530. The molecule has 0 fully saturated rings. The number of aliphatic imine (C=N–C) groups is 1. The Morgan fingerprint density at radius 3 is 2.29 bits per heavy atom. The smallest absolute Gasteiger partial charge is 0.182 e. The molecule has 0 unspecified atom stereocenters. The summed E-state index contributed by atoms with van der Waals surface area (Å²) >= 11 is 0. The summed E-state index contributed by atoms with van der Waals surface area (Å²) in [5, 5.41) is 0. The maximum Gasteiger partial charge on any atom is 0.182 e. The van der Waals surface area contributed by atoms with Crippen LogP contribution >= 0.6 is 0 Å². The van der Waals surface area contributed by atoms with Crippen molar-refractivity contribution in [2.75, 3.05) is 14.2 Å². The molecule has 0 saturated carbocycles. The fourth-order valence-electron chi connectivity index (χ4n) is 0.394. The Labute approximate surface area is 44.2 Å². The molecule has 0 aliphatic carbocycles. The summed E-state index contributed by atoms with van der Waals surface area (Å²) in [6.07, 6.45) is 0.882. The van der Waals surface area contributed by atoms with E-state index in [2.05, 4.69) is 4.99 Å². The maximum atomic E-state index is 4.80. The normalized spacial score (nSPS) is 11.6. The zero-order valence-corrected chi connectivity index (χ0v) is 5.06. The van der Waals surface area contributed by atoms with E-state index in [1.54, 1.807) is 14.2 Å². The standard InChI is InChI=1S/C5H11NO/c1-4-5(6-2)7-3/h4H2,1-3H3/b6-5-. The summed E-state index contributed by atoms with van der Waals surface area (Å²) < 4.78 is 4.80. The summed E-state index contributed by atoms with van der Waals surface area (Å²) in [6, 6.07) is 0. The minimum absolute atomic E-state index is 0.806. The Morgan fingerprint density at radius 1 is 1.71 bits per heavy atom. The first-order valence-corrected chi connectivity index (χ1v) is 2.34. The van der Waals surface area contributed by atoms with Crippen LogP contribution in [0.4, 0.5) is 0 Å². The molecule has 42 valence electrons. The van der Waals surface area contributed by atoms with Crippen molar-refractivity contribution >= 4 is 5.90 Å². The molecule has 2 nitrogen and oxygen atoms in total. The molecule has 0 heterocycles. The molecule has 0 aromatic rings. The third-order valence-electron chi connectivity index (χ3n) is 0.787. The van der Waals surface area contributed by atoms with Crippen LogP contribution in [-0.2, 0) is 4.74 Å². The molecule has 0 spiro atoms. The Balaban J connectivity index is 3.38. The van der Waals surface area contributed by atoms with Crippen LogP contribution in [0.1, 0.15) is 13.3 Å². The largest absolute Gasteiger partial charge is 0.484 e. The Bertz CT molecular complexity index is 62.5. The quantitative estimate of drug-likeness (QED) is 0.357. The van der Waals surface area contributed by atoms with Gasteiger partial charge in [0, 0.05) is 13.5 Å². The van der Waals surface area contributed by atoms with E-state index in [1.807, 2.05) is 6.92 Å². The molecule has 0 amide bonds. The molecule has 0 bridgehead atoms. The van der Waals surface area contributed by atoms with Gasteiger partial charge in [-0.15, -0.1) is 0 Å². The highest BCUT2D eigenvalue weighted by Gasteiger charge is 1.85. The number of hydrogen-bond acceptors (Lipinski definition) is 2. The van der Waals surface area contributed by atoms with Crippen LogP contribution < -0.4 is 0 Å². The summed E-state index contributed by atoms with van der Waals surface area (Å²) in [6.45, 7) is 2.01. The maximum absolute atomic E-state index is 4.80. The molecule has 2 heteroatoms. The molecule has 0 aromatic carbocycles. The van der Waals surface area contributed by atoms with Crippen LogP contribution in [0.2, 0.25) is 0 Å². The van der Waals surface area contributed by atoms with Crippen molar-refractivity contribution in [3.63, 3.8) is 0 Å². The summed E-state index contributed by atoms with van der Waals surface area (Å²) in [5.74, 6) is 0.806.